The van der Waals surface area contributed by atoms with Gasteiger partial charge in [0.2, 0.25) is 0 Å². The van der Waals surface area contributed by atoms with Gasteiger partial charge in [0.15, 0.2) is 5.16 Å². The molecule has 0 atom stereocenters. The summed E-state index contributed by atoms with van der Waals surface area (Å²) < 4.78 is 7.50. The van der Waals surface area contributed by atoms with Crippen LogP contribution in [0.15, 0.2) is 41.0 Å². The van der Waals surface area contributed by atoms with Gasteiger partial charge in [0.1, 0.15) is 17.3 Å². The third-order valence-corrected chi connectivity index (χ3v) is 5.44. The van der Waals surface area contributed by atoms with E-state index in [0.29, 0.717) is 11.4 Å². The molecular formula is C24H39N5OS. The predicted octanol–water partition coefficient (Wildman–Crippen LogP) is 5.96. The second-order valence-corrected chi connectivity index (χ2v) is 9.20. The van der Waals surface area contributed by atoms with E-state index >= 15 is 0 Å². The zero-order valence-corrected chi connectivity index (χ0v) is 21.2. The van der Waals surface area contributed by atoms with Gasteiger partial charge < -0.3 is 25.3 Å². The van der Waals surface area contributed by atoms with Crippen molar-refractivity contribution >= 4 is 23.3 Å². The maximum absolute atomic E-state index is 8.15. The van der Waals surface area contributed by atoms with Crippen molar-refractivity contribution in [3.8, 4) is 5.75 Å². The Bertz CT molecular complexity index is 868. The summed E-state index contributed by atoms with van der Waals surface area (Å²) in [6.07, 6.45) is 1.63. The molecule has 0 saturated heterocycles. The molecular weight excluding hydrogens is 406 g/mol. The molecule has 1 aromatic heterocycles. The Labute approximate surface area is 192 Å². The molecule has 1 aromatic carbocycles. The molecule has 0 amide bonds. The van der Waals surface area contributed by atoms with Crippen molar-refractivity contribution in [1.29, 1.82) is 5.41 Å². The zero-order chi connectivity index (χ0) is 23.6. The first-order chi connectivity index (χ1) is 14.7. The summed E-state index contributed by atoms with van der Waals surface area (Å²) in [5, 5.41) is 15.7. The summed E-state index contributed by atoms with van der Waals surface area (Å²) in [4.78, 5) is 5.85. The maximum atomic E-state index is 8.15. The first-order valence-corrected chi connectivity index (χ1v) is 11.5. The molecule has 0 unspecified atom stereocenters. The Morgan fingerprint density at radius 1 is 1.32 bits per heavy atom. The van der Waals surface area contributed by atoms with Crippen molar-refractivity contribution < 1.29 is 4.74 Å². The molecule has 0 bridgehead atoms. The number of methoxy groups -OCH3 is 1. The van der Waals surface area contributed by atoms with Crippen LogP contribution in [0.2, 0.25) is 0 Å². The summed E-state index contributed by atoms with van der Waals surface area (Å²) in [6.45, 7) is 20.7. The third-order valence-electron chi connectivity index (χ3n) is 4.29. The first-order valence-electron chi connectivity index (χ1n) is 10.7. The fraction of sp³-hybridized carbons (Fsp3) is 0.500. The average molecular weight is 446 g/mol. The Kier molecular flexibility index (Phi) is 10.9. The molecule has 0 aliphatic heterocycles. The molecule has 0 saturated carbocycles. The Morgan fingerprint density at radius 3 is 2.55 bits per heavy atom. The van der Waals surface area contributed by atoms with Crippen molar-refractivity contribution in [3.63, 3.8) is 0 Å². The van der Waals surface area contributed by atoms with E-state index in [2.05, 4.69) is 49.5 Å². The molecule has 6 nitrogen and oxygen atoms in total. The number of rotatable bonds is 10. The maximum Gasteiger partial charge on any atom is 0.175 e. The van der Waals surface area contributed by atoms with Crippen LogP contribution in [0.25, 0.3) is 0 Å². The van der Waals surface area contributed by atoms with Crippen LogP contribution in [0.3, 0.4) is 0 Å². The number of imidazole rings is 1. The van der Waals surface area contributed by atoms with E-state index in [1.807, 2.05) is 32.0 Å². The fourth-order valence-corrected chi connectivity index (χ4v) is 3.82. The lowest BCUT2D eigenvalue weighted by Crippen LogP contribution is -2.29. The molecule has 172 valence electrons. The van der Waals surface area contributed by atoms with Crippen LogP contribution in [0.4, 0.5) is 5.82 Å². The van der Waals surface area contributed by atoms with Crippen LogP contribution < -0.4 is 15.4 Å². The summed E-state index contributed by atoms with van der Waals surface area (Å²) >= 11 is 1.59. The smallest absolute Gasteiger partial charge is 0.175 e. The van der Waals surface area contributed by atoms with E-state index in [4.69, 9.17) is 15.1 Å². The van der Waals surface area contributed by atoms with Crippen molar-refractivity contribution in [2.75, 3.05) is 25.5 Å². The van der Waals surface area contributed by atoms with Crippen LogP contribution in [0.1, 0.15) is 52.8 Å². The molecule has 31 heavy (non-hydrogen) atoms. The number of anilines is 1. The molecule has 0 fully saturated rings. The minimum Gasteiger partial charge on any atom is -0.497 e. The predicted molar refractivity (Wildman–Crippen MR) is 134 cm³/mol. The van der Waals surface area contributed by atoms with Crippen LogP contribution in [0.5, 0.6) is 5.75 Å². The van der Waals surface area contributed by atoms with Gasteiger partial charge >= 0.3 is 0 Å². The number of nitrogens with zero attached hydrogens (tertiary/aromatic N) is 2. The lowest BCUT2D eigenvalue weighted by atomic mass is 9.97. The van der Waals surface area contributed by atoms with Crippen LogP contribution in [-0.4, -0.2) is 35.5 Å². The van der Waals surface area contributed by atoms with Crippen molar-refractivity contribution in [1.82, 2.24) is 14.9 Å². The van der Waals surface area contributed by atoms with Gasteiger partial charge in [0.05, 0.1) is 12.8 Å². The monoisotopic (exact) mass is 445 g/mol. The summed E-state index contributed by atoms with van der Waals surface area (Å²) in [5.74, 6) is 1.61. The van der Waals surface area contributed by atoms with E-state index in [-0.39, 0.29) is 5.41 Å². The van der Waals surface area contributed by atoms with Gasteiger partial charge in [-0.05, 0) is 43.2 Å². The highest BCUT2D eigenvalue weighted by molar-refractivity contribution is 7.99. The van der Waals surface area contributed by atoms with E-state index in [0.717, 1.165) is 46.8 Å². The Morgan fingerprint density at radius 2 is 2.00 bits per heavy atom. The van der Waals surface area contributed by atoms with E-state index in [1.165, 1.54) is 0 Å². The quantitative estimate of drug-likeness (QED) is 0.311. The number of nitrogens with one attached hydrogen (secondary N) is 3. The highest BCUT2D eigenvalue weighted by Crippen LogP contribution is 2.35. The largest absolute Gasteiger partial charge is 0.497 e. The zero-order valence-electron chi connectivity index (χ0n) is 20.3. The van der Waals surface area contributed by atoms with Gasteiger partial charge in [-0.15, -0.1) is 0 Å². The molecule has 2 rings (SSSR count). The SMILES string of the molecule is C=CNc1c(C(C)=N)nc(Sc2cc(OC)ccc2C)n1CCNCC(C)(C)C.CC. The third kappa shape index (κ3) is 8.07. The lowest BCUT2D eigenvalue weighted by Gasteiger charge is -2.19. The van der Waals surface area contributed by atoms with Crippen LogP contribution in [-0.2, 0) is 6.54 Å². The van der Waals surface area contributed by atoms with Gasteiger partial charge in [0.25, 0.3) is 0 Å². The van der Waals surface area contributed by atoms with Crippen LogP contribution in [0, 0.1) is 17.7 Å². The highest BCUT2D eigenvalue weighted by atomic mass is 32.2. The number of benzene rings is 1. The summed E-state index contributed by atoms with van der Waals surface area (Å²) in [7, 11) is 1.67. The van der Waals surface area contributed by atoms with Gasteiger partial charge in [-0.1, -0.05) is 59.0 Å². The standard InChI is InChI=1S/C22H33N5OS.C2H6/c1-8-25-20-19(16(3)23)26-21(27(20)12-11-24-14-22(4,5)6)29-18-13-17(28-7)10-9-15(18)2;1-2/h8-10,13,23-25H,1,11-12,14H2,2-7H3;1-2H3. The minimum absolute atomic E-state index is 0.225. The van der Waals surface area contributed by atoms with Gasteiger partial charge in [-0.3, -0.25) is 0 Å². The van der Waals surface area contributed by atoms with E-state index in [1.54, 1.807) is 32.0 Å². The van der Waals surface area contributed by atoms with Crippen LogP contribution >= 0.6 is 11.8 Å². The molecule has 0 radical (unpaired) electrons. The normalized spacial score (nSPS) is 10.8. The number of aryl methyl sites for hydroxylation is 1. The van der Waals surface area contributed by atoms with Gasteiger partial charge in [-0.25, -0.2) is 4.98 Å². The Hall–Kier alpha value is -2.25. The molecule has 0 aliphatic rings. The second-order valence-electron chi connectivity index (χ2n) is 8.19. The fourth-order valence-electron chi connectivity index (χ4n) is 2.79. The first kappa shape index (κ1) is 26.8. The molecule has 3 N–H and O–H groups in total. The van der Waals surface area contributed by atoms with E-state index < -0.39 is 0 Å². The van der Waals surface area contributed by atoms with Crippen molar-refractivity contribution in [2.45, 2.75) is 65.1 Å². The number of hydrogen-bond acceptors (Lipinski definition) is 6. The minimum atomic E-state index is 0.225. The summed E-state index contributed by atoms with van der Waals surface area (Å²) in [5.41, 5.74) is 2.44. The van der Waals surface area contributed by atoms with Gasteiger partial charge in [0, 0.05) is 24.5 Å². The second kappa shape index (κ2) is 12.6. The molecule has 2 aromatic rings. The summed E-state index contributed by atoms with van der Waals surface area (Å²) in [6, 6.07) is 6.03. The highest BCUT2D eigenvalue weighted by Gasteiger charge is 2.20. The topological polar surface area (TPSA) is 75.0 Å². The Balaban J connectivity index is 0.00000233. The average Bonchev–Trinajstić information content (AvgIpc) is 3.05. The molecule has 0 aliphatic carbocycles. The van der Waals surface area contributed by atoms with Gasteiger partial charge in [-0.2, -0.15) is 0 Å². The van der Waals surface area contributed by atoms with Crippen molar-refractivity contribution in [3.05, 3.63) is 42.2 Å². The van der Waals surface area contributed by atoms with Crippen molar-refractivity contribution in [2.24, 2.45) is 5.41 Å². The lowest BCUT2D eigenvalue weighted by molar-refractivity contribution is 0.374. The number of hydrogen-bond donors (Lipinski definition) is 3. The molecule has 1 heterocycles. The number of aromatic nitrogens is 2. The number of ether oxygens (including phenoxy) is 1. The van der Waals surface area contributed by atoms with E-state index in [9.17, 15) is 0 Å². The molecule has 7 heteroatoms. The molecule has 0 spiro atoms.